The molecule has 2 aliphatic rings. The van der Waals surface area contributed by atoms with Gasteiger partial charge >= 0.3 is 0 Å². The molecule has 4 nitrogen and oxygen atoms in total. The standard InChI is InChI=1S/C19H21N3OS/c1-19-9-8-17(23)22(2)16(19)7-4-13-12-14(5-6-15(13)19)24-18-20-10-3-11-21-18/h3,5-6,10-12,16H,4,7-9H2,1-2H3/t16?,19-/m1/s1. The number of likely N-dealkylation sites (tertiary alicyclic amines) is 1. The first-order valence-corrected chi connectivity index (χ1v) is 9.23. The smallest absolute Gasteiger partial charge is 0.222 e. The number of aryl methyl sites for hydroxylation is 1. The number of carbonyl (C=O) groups is 1. The molecule has 1 amide bonds. The van der Waals surface area contributed by atoms with Gasteiger partial charge < -0.3 is 4.90 Å². The minimum atomic E-state index is 0.0721. The number of amides is 1. The van der Waals surface area contributed by atoms with E-state index in [0.29, 0.717) is 12.5 Å². The summed E-state index contributed by atoms with van der Waals surface area (Å²) in [7, 11) is 1.96. The number of benzene rings is 1. The van der Waals surface area contributed by atoms with Crippen LogP contribution in [0.25, 0.3) is 0 Å². The molecule has 1 aliphatic carbocycles. The minimum absolute atomic E-state index is 0.0721. The normalized spacial score (nSPS) is 26.0. The number of hydrogen-bond acceptors (Lipinski definition) is 4. The van der Waals surface area contributed by atoms with Crippen molar-refractivity contribution >= 4 is 17.7 Å². The number of rotatable bonds is 2. The lowest BCUT2D eigenvalue weighted by Crippen LogP contribution is -2.56. The zero-order chi connectivity index (χ0) is 16.7. The van der Waals surface area contributed by atoms with E-state index in [1.807, 2.05) is 18.0 Å². The highest BCUT2D eigenvalue weighted by atomic mass is 32.2. The first kappa shape index (κ1) is 15.6. The molecule has 0 saturated carbocycles. The summed E-state index contributed by atoms with van der Waals surface area (Å²) in [5, 5.41) is 0.778. The van der Waals surface area contributed by atoms with Gasteiger partial charge in [0, 0.05) is 42.2 Å². The van der Waals surface area contributed by atoms with E-state index in [-0.39, 0.29) is 11.3 Å². The van der Waals surface area contributed by atoms with Gasteiger partial charge in [-0.1, -0.05) is 13.0 Å². The Morgan fingerprint density at radius 1 is 1.25 bits per heavy atom. The molecule has 0 bridgehead atoms. The van der Waals surface area contributed by atoms with Crippen LogP contribution in [-0.2, 0) is 16.6 Å². The third-order valence-electron chi connectivity index (χ3n) is 5.58. The maximum absolute atomic E-state index is 12.1. The van der Waals surface area contributed by atoms with Crippen molar-refractivity contribution in [1.29, 1.82) is 0 Å². The van der Waals surface area contributed by atoms with Crippen LogP contribution in [-0.4, -0.2) is 33.9 Å². The fourth-order valence-corrected chi connectivity index (χ4v) is 5.05. The number of piperidine rings is 1. The Morgan fingerprint density at radius 2 is 2.04 bits per heavy atom. The lowest BCUT2D eigenvalue weighted by Gasteiger charge is -2.50. The van der Waals surface area contributed by atoms with E-state index in [4.69, 9.17) is 0 Å². The van der Waals surface area contributed by atoms with E-state index in [1.165, 1.54) is 16.0 Å². The number of likely N-dealkylation sites (N-methyl/N-ethyl adjacent to an activating group) is 1. The number of hydrogen-bond donors (Lipinski definition) is 0. The summed E-state index contributed by atoms with van der Waals surface area (Å²) in [4.78, 5) is 23.8. The van der Waals surface area contributed by atoms with Crippen molar-refractivity contribution < 1.29 is 4.79 Å². The van der Waals surface area contributed by atoms with E-state index in [2.05, 4.69) is 35.1 Å². The van der Waals surface area contributed by atoms with Gasteiger partial charge in [0.1, 0.15) is 0 Å². The van der Waals surface area contributed by atoms with Crippen LogP contribution in [0.15, 0.2) is 46.7 Å². The molecule has 1 aromatic heterocycles. The molecule has 4 rings (SSSR count). The van der Waals surface area contributed by atoms with Crippen molar-refractivity contribution in [2.24, 2.45) is 0 Å². The Morgan fingerprint density at radius 3 is 2.83 bits per heavy atom. The van der Waals surface area contributed by atoms with E-state index in [9.17, 15) is 4.79 Å². The summed E-state index contributed by atoms with van der Waals surface area (Å²) < 4.78 is 0. The first-order valence-electron chi connectivity index (χ1n) is 8.42. The second kappa shape index (κ2) is 5.88. The average Bonchev–Trinajstić information content (AvgIpc) is 2.59. The second-order valence-electron chi connectivity index (χ2n) is 6.93. The Labute approximate surface area is 146 Å². The van der Waals surface area contributed by atoms with Gasteiger partial charge in [-0.3, -0.25) is 4.79 Å². The van der Waals surface area contributed by atoms with Gasteiger partial charge in [-0.15, -0.1) is 0 Å². The van der Waals surface area contributed by atoms with Crippen LogP contribution in [0.1, 0.15) is 37.3 Å². The molecule has 2 aromatic rings. The Kier molecular flexibility index (Phi) is 3.83. The number of carbonyl (C=O) groups excluding carboxylic acids is 1. The molecule has 1 fully saturated rings. The fourth-order valence-electron chi connectivity index (χ4n) is 4.27. The molecule has 0 N–H and O–H groups in total. The van der Waals surface area contributed by atoms with Gasteiger partial charge in [0.2, 0.25) is 5.91 Å². The molecule has 2 heterocycles. The topological polar surface area (TPSA) is 46.1 Å². The number of fused-ring (bicyclic) bond motifs is 3. The highest BCUT2D eigenvalue weighted by molar-refractivity contribution is 7.99. The molecule has 1 unspecified atom stereocenters. The molecule has 124 valence electrons. The van der Waals surface area contributed by atoms with Crippen LogP contribution in [0.3, 0.4) is 0 Å². The van der Waals surface area contributed by atoms with Gasteiger partial charge in [0.25, 0.3) is 0 Å². The van der Waals surface area contributed by atoms with Crippen LogP contribution < -0.4 is 0 Å². The zero-order valence-electron chi connectivity index (χ0n) is 14.0. The third kappa shape index (κ3) is 2.51. The molecule has 0 radical (unpaired) electrons. The number of nitrogens with zero attached hydrogens (tertiary/aromatic N) is 3. The van der Waals surface area contributed by atoms with Crippen LogP contribution >= 0.6 is 11.8 Å². The SMILES string of the molecule is CN1C(=O)CC[C@]2(C)c3ccc(Sc4ncccn4)cc3CCC12. The van der Waals surface area contributed by atoms with Crippen molar-refractivity contribution in [3.05, 3.63) is 47.8 Å². The van der Waals surface area contributed by atoms with Crippen molar-refractivity contribution in [3.63, 3.8) is 0 Å². The van der Waals surface area contributed by atoms with Crippen LogP contribution in [0.5, 0.6) is 0 Å². The molecule has 1 saturated heterocycles. The molecule has 1 aromatic carbocycles. The van der Waals surface area contributed by atoms with E-state index < -0.39 is 0 Å². The second-order valence-corrected chi connectivity index (χ2v) is 7.97. The van der Waals surface area contributed by atoms with Crippen molar-refractivity contribution in [2.45, 2.75) is 54.1 Å². The molecular weight excluding hydrogens is 318 g/mol. The predicted molar refractivity (Wildman–Crippen MR) is 94.1 cm³/mol. The van der Waals surface area contributed by atoms with Gasteiger partial charge in [0.15, 0.2) is 5.16 Å². The Balaban J connectivity index is 1.66. The van der Waals surface area contributed by atoms with Gasteiger partial charge in [-0.05, 0) is 60.4 Å². The van der Waals surface area contributed by atoms with E-state index >= 15 is 0 Å². The van der Waals surface area contributed by atoms with E-state index in [1.54, 1.807) is 24.2 Å². The predicted octanol–water partition coefficient (Wildman–Crippen LogP) is 3.45. The quantitative estimate of drug-likeness (QED) is 0.786. The van der Waals surface area contributed by atoms with Crippen LogP contribution in [0, 0.1) is 0 Å². The summed E-state index contributed by atoms with van der Waals surface area (Å²) >= 11 is 1.60. The molecular formula is C19H21N3OS. The fraction of sp³-hybridized carbons (Fsp3) is 0.421. The monoisotopic (exact) mass is 339 g/mol. The lowest BCUT2D eigenvalue weighted by molar-refractivity contribution is -0.138. The molecule has 1 aliphatic heterocycles. The lowest BCUT2D eigenvalue weighted by atomic mass is 9.63. The highest BCUT2D eigenvalue weighted by Gasteiger charge is 2.46. The summed E-state index contributed by atoms with van der Waals surface area (Å²) in [5.74, 6) is 0.286. The average molecular weight is 339 g/mol. The summed E-state index contributed by atoms with van der Waals surface area (Å²) in [5.41, 5.74) is 2.90. The minimum Gasteiger partial charge on any atom is -0.342 e. The van der Waals surface area contributed by atoms with Crippen LogP contribution in [0.2, 0.25) is 0 Å². The van der Waals surface area contributed by atoms with Gasteiger partial charge in [-0.25, -0.2) is 9.97 Å². The third-order valence-corrected chi connectivity index (χ3v) is 6.47. The molecule has 5 heteroatoms. The summed E-state index contributed by atoms with van der Waals surface area (Å²) in [6, 6.07) is 8.87. The largest absolute Gasteiger partial charge is 0.342 e. The highest BCUT2D eigenvalue weighted by Crippen LogP contribution is 2.46. The summed E-state index contributed by atoms with van der Waals surface area (Å²) in [6.07, 6.45) is 7.21. The molecule has 0 spiro atoms. The van der Waals surface area contributed by atoms with Gasteiger partial charge in [-0.2, -0.15) is 0 Å². The summed E-state index contributed by atoms with van der Waals surface area (Å²) in [6.45, 7) is 2.33. The maximum Gasteiger partial charge on any atom is 0.222 e. The van der Waals surface area contributed by atoms with Crippen molar-refractivity contribution in [1.82, 2.24) is 14.9 Å². The van der Waals surface area contributed by atoms with Crippen LogP contribution in [0.4, 0.5) is 0 Å². The number of aromatic nitrogens is 2. The van der Waals surface area contributed by atoms with Crippen molar-refractivity contribution in [2.75, 3.05) is 7.05 Å². The van der Waals surface area contributed by atoms with Crippen molar-refractivity contribution in [3.8, 4) is 0 Å². The Hall–Kier alpha value is -1.88. The molecule has 24 heavy (non-hydrogen) atoms. The van der Waals surface area contributed by atoms with Gasteiger partial charge in [0.05, 0.1) is 0 Å². The van der Waals surface area contributed by atoms with E-state index in [0.717, 1.165) is 24.4 Å². The Bertz CT molecular complexity index is 779. The molecule has 2 atom stereocenters. The maximum atomic E-state index is 12.1. The zero-order valence-corrected chi connectivity index (χ0v) is 14.8. The first-order chi connectivity index (χ1) is 11.6.